The minimum atomic E-state index is -1.32. The number of carboxylic acids is 5. The predicted octanol–water partition coefficient (Wildman–Crippen LogP) is 4.55. The van der Waals surface area contributed by atoms with Crippen molar-refractivity contribution in [1.29, 1.82) is 0 Å². The number of carboxylic acid groups (broad SMARTS) is 5. The molecule has 7 atom stereocenters. The van der Waals surface area contributed by atoms with Gasteiger partial charge >= 0.3 is 29.8 Å². The minimum absolute atomic E-state index is 0.0637. The highest BCUT2D eigenvalue weighted by Crippen LogP contribution is 2.20. The maximum absolute atomic E-state index is 13.0. The van der Waals surface area contributed by atoms with Crippen molar-refractivity contribution in [2.75, 3.05) is 72.5 Å². The Morgan fingerprint density at radius 3 is 1.57 bits per heavy atom. The van der Waals surface area contributed by atoms with Crippen molar-refractivity contribution in [3.8, 4) is 0 Å². The smallest absolute Gasteiger partial charge is 0.326 e. The van der Waals surface area contributed by atoms with Crippen LogP contribution in [-0.4, -0.2) is 220 Å². The van der Waals surface area contributed by atoms with Crippen molar-refractivity contribution in [2.45, 2.75) is 250 Å². The summed E-state index contributed by atoms with van der Waals surface area (Å²) in [6, 6.07) is -4.49. The highest BCUT2D eigenvalue weighted by molar-refractivity contribution is 5.88. The van der Waals surface area contributed by atoms with E-state index in [1.165, 1.54) is 52.3 Å². The van der Waals surface area contributed by atoms with E-state index in [1.54, 1.807) is 6.20 Å². The number of carbonyl (C=O) groups is 13. The molecule has 0 radical (unpaired) electrons. The van der Waals surface area contributed by atoms with Gasteiger partial charge in [-0.1, -0.05) is 90.4 Å². The zero-order valence-electron chi connectivity index (χ0n) is 58.5. The van der Waals surface area contributed by atoms with Crippen LogP contribution in [0.3, 0.4) is 0 Å². The number of hydrogen-bond acceptors (Lipinski definition) is 21. The summed E-state index contributed by atoms with van der Waals surface area (Å²) in [7, 11) is 0. The molecule has 0 fully saturated rings. The van der Waals surface area contributed by atoms with Crippen LogP contribution in [0, 0.1) is 11.8 Å². The van der Waals surface area contributed by atoms with Gasteiger partial charge in [-0.3, -0.25) is 62.9 Å². The molecule has 0 saturated carbocycles. The first-order chi connectivity index (χ1) is 47.3. The average molecular weight is 1410 g/mol. The summed E-state index contributed by atoms with van der Waals surface area (Å²) in [5, 5.41) is 68.0. The number of aliphatic carboxylic acids is 5. The molecule has 99 heavy (non-hydrogen) atoms. The summed E-state index contributed by atoms with van der Waals surface area (Å²) in [5.41, 5.74) is 6.77. The number of aliphatic hydroxyl groups excluding tert-OH is 1. The molecule has 0 aliphatic rings. The molecule has 0 spiro atoms. The van der Waals surface area contributed by atoms with E-state index in [1.807, 2.05) is 6.92 Å². The van der Waals surface area contributed by atoms with Gasteiger partial charge in [0.15, 0.2) is 0 Å². The van der Waals surface area contributed by atoms with Gasteiger partial charge in [0, 0.05) is 95.3 Å². The number of aromatic nitrogens is 2. The number of unbranched alkanes of at least 4 members (excludes halogenated alkanes) is 14. The van der Waals surface area contributed by atoms with E-state index < -0.39 is 96.0 Å². The highest BCUT2D eigenvalue weighted by Gasteiger charge is 2.28. The summed E-state index contributed by atoms with van der Waals surface area (Å²) >= 11 is 0. The van der Waals surface area contributed by atoms with Gasteiger partial charge in [-0.25, -0.2) is 9.78 Å². The summed E-state index contributed by atoms with van der Waals surface area (Å²) in [5.74, 6) is -9.99. The minimum Gasteiger partial charge on any atom is -0.481 e. The lowest BCUT2D eigenvalue weighted by atomic mass is 9.89. The van der Waals surface area contributed by atoms with E-state index in [4.69, 9.17) is 34.9 Å². The lowest BCUT2D eigenvalue weighted by Gasteiger charge is -2.20. The molecule has 566 valence electrons. The second-order valence-corrected chi connectivity index (χ2v) is 24.7. The van der Waals surface area contributed by atoms with Crippen molar-refractivity contribution < 1.29 is 112 Å². The molecule has 4 amide bonds. The quantitative estimate of drug-likeness (QED) is 0.0398. The van der Waals surface area contributed by atoms with Gasteiger partial charge in [-0.15, -0.1) is 0 Å². The number of carbonyl (C=O) groups excluding carboxylic acids is 8. The van der Waals surface area contributed by atoms with Gasteiger partial charge < -0.3 is 81.6 Å². The zero-order valence-corrected chi connectivity index (χ0v) is 58.5. The molecule has 31 nitrogen and oxygen atoms in total. The van der Waals surface area contributed by atoms with E-state index in [2.05, 4.69) is 36.6 Å². The summed E-state index contributed by atoms with van der Waals surface area (Å²) in [4.78, 5) is 160. The second-order valence-electron chi connectivity index (χ2n) is 24.7. The first-order valence-electron chi connectivity index (χ1n) is 35.1. The number of ether oxygens (including phenoxy) is 4. The van der Waals surface area contributed by atoms with Crippen molar-refractivity contribution in [1.82, 2.24) is 36.6 Å². The third kappa shape index (κ3) is 53.4. The van der Waals surface area contributed by atoms with Gasteiger partial charge in [0.2, 0.25) is 23.6 Å². The SMILES string of the molecule is CCCC(=O)CCCOCCOCC(=O)NCCOCCOCC(=O)NCCCC[C@H](CCC(=O)[C@@H](N)Cc1cnc[nH]1)C(=O)CNC(C(=O)O)[C@@H](C)O.C[C@H](NC(=O)CC[C@H](CC(=O)CC[C@H](NC(=O)CCCCCCCCCCCCCCCCC(=O)O)C(=O)O)C(=O)O)C(=O)O. The number of Topliss-reactive ketones (excluding diaryl/α,β-unsaturated/α-hetero) is 4. The topological polar surface area (TPSA) is 495 Å². The lowest BCUT2D eigenvalue weighted by Crippen LogP contribution is -2.47. The molecule has 0 saturated heterocycles. The normalized spacial score (nSPS) is 13.2. The van der Waals surface area contributed by atoms with Crippen molar-refractivity contribution >= 4 is 76.6 Å². The lowest BCUT2D eigenvalue weighted by molar-refractivity contribution is -0.145. The summed E-state index contributed by atoms with van der Waals surface area (Å²) in [6.07, 6.45) is 20.4. The van der Waals surface area contributed by atoms with E-state index in [0.717, 1.165) is 63.5 Å². The molecule has 14 N–H and O–H groups in total. The number of aliphatic hydroxyl groups is 1. The van der Waals surface area contributed by atoms with E-state index in [9.17, 15) is 82.8 Å². The van der Waals surface area contributed by atoms with Gasteiger partial charge in [0.25, 0.3) is 0 Å². The Morgan fingerprint density at radius 1 is 0.495 bits per heavy atom. The predicted molar refractivity (Wildman–Crippen MR) is 362 cm³/mol. The number of rotatable bonds is 66. The molecular weight excluding hydrogens is 1300 g/mol. The molecular formula is C68H116N8O23. The largest absolute Gasteiger partial charge is 0.481 e. The Morgan fingerprint density at radius 2 is 1.04 bits per heavy atom. The van der Waals surface area contributed by atoms with Gasteiger partial charge in [-0.2, -0.15) is 0 Å². The van der Waals surface area contributed by atoms with Crippen LogP contribution in [0.4, 0.5) is 0 Å². The van der Waals surface area contributed by atoms with Crippen LogP contribution >= 0.6 is 0 Å². The molecule has 1 aromatic rings. The van der Waals surface area contributed by atoms with E-state index in [-0.39, 0.29) is 140 Å². The Kier molecular flexibility index (Phi) is 55.4. The molecule has 0 aliphatic heterocycles. The maximum atomic E-state index is 13.0. The zero-order chi connectivity index (χ0) is 74.0. The van der Waals surface area contributed by atoms with Crippen LogP contribution in [0.25, 0.3) is 0 Å². The Hall–Kier alpha value is -7.16. The van der Waals surface area contributed by atoms with Crippen LogP contribution in [0.1, 0.15) is 219 Å². The number of nitrogens with two attached hydrogens (primary N) is 1. The van der Waals surface area contributed by atoms with E-state index in [0.29, 0.717) is 64.7 Å². The molecule has 1 unspecified atom stereocenters. The number of ketones is 4. The van der Waals surface area contributed by atoms with Crippen molar-refractivity contribution in [3.63, 3.8) is 0 Å². The van der Waals surface area contributed by atoms with Gasteiger partial charge in [0.05, 0.1) is 64.0 Å². The molecule has 1 aromatic heterocycles. The summed E-state index contributed by atoms with van der Waals surface area (Å²) < 4.78 is 21.4. The molecule has 1 heterocycles. The Balaban J connectivity index is 0.00000197. The van der Waals surface area contributed by atoms with Gasteiger partial charge in [0.1, 0.15) is 54.5 Å². The fourth-order valence-electron chi connectivity index (χ4n) is 10.1. The first-order valence-corrected chi connectivity index (χ1v) is 35.1. The number of hydrogen-bond donors (Lipinski definition) is 13. The van der Waals surface area contributed by atoms with Crippen LogP contribution in [-0.2, 0) is 87.7 Å². The summed E-state index contributed by atoms with van der Waals surface area (Å²) in [6.45, 7) is 6.38. The van der Waals surface area contributed by atoms with Gasteiger partial charge in [-0.05, 0) is 71.6 Å². The van der Waals surface area contributed by atoms with Crippen LogP contribution in [0.2, 0.25) is 0 Å². The fourth-order valence-corrected chi connectivity index (χ4v) is 10.1. The highest BCUT2D eigenvalue weighted by atomic mass is 16.5. The third-order valence-corrected chi connectivity index (χ3v) is 15.9. The third-order valence-electron chi connectivity index (χ3n) is 15.9. The Labute approximate surface area is 581 Å². The molecule has 31 heteroatoms. The van der Waals surface area contributed by atoms with Crippen LogP contribution in [0.5, 0.6) is 0 Å². The van der Waals surface area contributed by atoms with Crippen LogP contribution < -0.4 is 32.3 Å². The molecule has 0 bridgehead atoms. The van der Waals surface area contributed by atoms with Crippen LogP contribution in [0.15, 0.2) is 12.5 Å². The van der Waals surface area contributed by atoms with Crippen molar-refractivity contribution in [3.05, 3.63) is 18.2 Å². The first kappa shape index (κ1) is 91.8. The molecule has 0 aromatic carbocycles. The number of amides is 4. The molecule has 1 rings (SSSR count). The Bertz CT molecular complexity index is 2490. The van der Waals surface area contributed by atoms with Crippen molar-refractivity contribution in [2.24, 2.45) is 17.6 Å². The number of nitrogens with zero attached hydrogens (tertiary/aromatic N) is 1. The number of H-pyrrole nitrogens is 1. The standard InChI is InChI=1S/C36H62N6O12.C32H54N2O11/c1-3-7-29(44)9-6-14-51-16-18-53-24-34(48)40-13-15-52-17-19-54-23-33(47)39-12-5-4-8-27(32(46)22-41-35(26(2)43)36(49)50)10-11-31(45)30(37)20-28-21-38-25-42-28;1-23(30(40)41)33-28(37)21-18-24(31(42)43)22-25(35)19-20-26(32(44)45)34-27(36)16-14-12-10-8-6-4-2-3-5-7-9-11-13-15-17-29(38)39/h21,25-27,30,35,41,43H,3-20,22-24,37H2,1-2H3,(H,38,42)(H,39,47)(H,40,48)(H,49,50);23-24,26H,2-22H2,1H3,(H,33,37)(H,34,36)(H,38,39)(H,40,41)(H,42,43)(H,44,45)/t26-,27-,30+,35?;23-,24+,26-/m10/s1. The van der Waals surface area contributed by atoms with E-state index >= 15 is 0 Å². The monoisotopic (exact) mass is 1410 g/mol. The average Bonchev–Trinajstić information content (AvgIpc) is 1.95. The number of aromatic amines is 1. The fraction of sp³-hybridized carbons (Fsp3) is 0.765. The second kappa shape index (κ2) is 59.7. The maximum Gasteiger partial charge on any atom is 0.326 e. The number of imidazole rings is 1. The number of nitrogens with one attached hydrogen (secondary N) is 6. The molecule has 0 aliphatic carbocycles.